The molecule has 0 aromatic heterocycles. The third-order valence-corrected chi connectivity index (χ3v) is 5.09. The molecule has 1 atom stereocenters. The molecule has 0 aromatic carbocycles. The Labute approximate surface area is 122 Å². The molecular formula is C15H28ClNO2. The quantitative estimate of drug-likeness (QED) is 0.831. The average Bonchev–Trinajstić information content (AvgIpc) is 2.41. The smallest absolute Gasteiger partial charge is 0.320 e. The van der Waals surface area contributed by atoms with Crippen LogP contribution in [0.25, 0.3) is 0 Å². The van der Waals surface area contributed by atoms with Gasteiger partial charge in [0, 0.05) is 0 Å². The van der Waals surface area contributed by atoms with Gasteiger partial charge in [-0.25, -0.2) is 0 Å². The fourth-order valence-corrected chi connectivity index (χ4v) is 4.17. The van der Waals surface area contributed by atoms with Crippen molar-refractivity contribution in [1.82, 2.24) is 0 Å². The van der Waals surface area contributed by atoms with Crippen LogP contribution in [0.2, 0.25) is 0 Å². The van der Waals surface area contributed by atoms with E-state index in [-0.39, 0.29) is 18.3 Å². The normalized spacial score (nSPS) is 23.9. The first-order valence-corrected chi connectivity index (χ1v) is 7.68. The molecule has 3 N–H and O–H groups in total. The average molecular weight is 290 g/mol. The molecule has 0 aromatic rings. The highest BCUT2D eigenvalue weighted by Gasteiger charge is 2.38. The molecule has 112 valence electrons. The van der Waals surface area contributed by atoms with Crippen LogP contribution in [0.3, 0.4) is 0 Å². The Morgan fingerprint density at radius 1 is 0.895 bits per heavy atom. The Balaban J connectivity index is 0.00000180. The minimum atomic E-state index is -0.795. The topological polar surface area (TPSA) is 63.3 Å². The summed E-state index contributed by atoms with van der Waals surface area (Å²) in [5.41, 5.74) is 6.02. The van der Waals surface area contributed by atoms with Gasteiger partial charge in [0.2, 0.25) is 0 Å². The van der Waals surface area contributed by atoms with Gasteiger partial charge in [-0.1, -0.05) is 64.2 Å². The van der Waals surface area contributed by atoms with Crippen LogP contribution in [0, 0.1) is 17.8 Å². The van der Waals surface area contributed by atoms with Gasteiger partial charge in [0.05, 0.1) is 0 Å². The Hall–Kier alpha value is -0.280. The summed E-state index contributed by atoms with van der Waals surface area (Å²) in [6.45, 7) is 0. The first-order chi connectivity index (χ1) is 8.70. The Morgan fingerprint density at radius 2 is 1.26 bits per heavy atom. The van der Waals surface area contributed by atoms with Gasteiger partial charge < -0.3 is 10.8 Å². The fraction of sp³-hybridized carbons (Fsp3) is 0.933. The Morgan fingerprint density at radius 3 is 1.58 bits per heavy atom. The van der Waals surface area contributed by atoms with Crippen molar-refractivity contribution >= 4 is 18.4 Å². The van der Waals surface area contributed by atoms with Crippen molar-refractivity contribution in [1.29, 1.82) is 0 Å². The number of nitrogens with two attached hydrogens (primary N) is 1. The van der Waals surface area contributed by atoms with E-state index in [9.17, 15) is 9.90 Å². The lowest BCUT2D eigenvalue weighted by molar-refractivity contribution is -0.141. The van der Waals surface area contributed by atoms with Crippen LogP contribution in [0.15, 0.2) is 0 Å². The molecule has 3 nitrogen and oxygen atoms in total. The molecule has 1 unspecified atom stereocenters. The molecule has 0 saturated heterocycles. The van der Waals surface area contributed by atoms with Crippen molar-refractivity contribution in [3.63, 3.8) is 0 Å². The molecule has 2 saturated carbocycles. The van der Waals surface area contributed by atoms with E-state index in [1.54, 1.807) is 0 Å². The van der Waals surface area contributed by atoms with Gasteiger partial charge in [-0.15, -0.1) is 12.4 Å². The molecule has 2 aliphatic rings. The second kappa shape index (κ2) is 8.11. The molecule has 2 fully saturated rings. The van der Waals surface area contributed by atoms with E-state index in [4.69, 9.17) is 5.73 Å². The predicted molar refractivity (Wildman–Crippen MR) is 79.5 cm³/mol. The molecule has 0 bridgehead atoms. The molecule has 4 heteroatoms. The molecule has 0 amide bonds. The van der Waals surface area contributed by atoms with Crippen LogP contribution < -0.4 is 5.73 Å². The Kier molecular flexibility index (Phi) is 7.16. The molecule has 2 rings (SSSR count). The third kappa shape index (κ3) is 4.35. The van der Waals surface area contributed by atoms with Crippen molar-refractivity contribution in [2.24, 2.45) is 23.5 Å². The number of halogens is 1. The summed E-state index contributed by atoms with van der Waals surface area (Å²) in [4.78, 5) is 11.3. The summed E-state index contributed by atoms with van der Waals surface area (Å²) in [6.07, 6.45) is 12.5. The van der Waals surface area contributed by atoms with Crippen LogP contribution in [0.4, 0.5) is 0 Å². The minimum absolute atomic E-state index is 0. The van der Waals surface area contributed by atoms with Gasteiger partial charge in [0.15, 0.2) is 0 Å². The first kappa shape index (κ1) is 16.8. The monoisotopic (exact) mass is 289 g/mol. The van der Waals surface area contributed by atoms with Crippen LogP contribution in [0.1, 0.15) is 64.2 Å². The lowest BCUT2D eigenvalue weighted by Crippen LogP contribution is -2.46. The predicted octanol–water partition coefficient (Wildman–Crippen LogP) is 3.60. The zero-order chi connectivity index (χ0) is 13.0. The molecule has 0 heterocycles. The number of carbonyl (C=O) groups is 1. The molecule has 0 spiro atoms. The van der Waals surface area contributed by atoms with E-state index in [0.717, 1.165) is 0 Å². The standard InChI is InChI=1S/C15H27NO2.ClH/c16-14(15(17)18)13(11-7-3-1-4-8-11)12-9-5-2-6-10-12;/h11-14H,1-10,16H2,(H,17,18);1H. The number of carboxylic acid groups (broad SMARTS) is 1. The Bertz CT molecular complexity index is 255. The number of carboxylic acids is 1. The fourth-order valence-electron chi connectivity index (χ4n) is 4.17. The van der Waals surface area contributed by atoms with Crippen molar-refractivity contribution in [2.45, 2.75) is 70.3 Å². The summed E-state index contributed by atoms with van der Waals surface area (Å²) in [5, 5.41) is 9.29. The van der Waals surface area contributed by atoms with E-state index in [1.165, 1.54) is 64.2 Å². The highest BCUT2D eigenvalue weighted by molar-refractivity contribution is 5.85. The van der Waals surface area contributed by atoms with Gasteiger partial charge in [-0.2, -0.15) is 0 Å². The van der Waals surface area contributed by atoms with E-state index < -0.39 is 12.0 Å². The van der Waals surface area contributed by atoms with Gasteiger partial charge in [0.1, 0.15) is 6.04 Å². The second-order valence-corrected chi connectivity index (χ2v) is 6.24. The van der Waals surface area contributed by atoms with Crippen molar-refractivity contribution < 1.29 is 9.90 Å². The first-order valence-electron chi connectivity index (χ1n) is 7.68. The largest absolute Gasteiger partial charge is 0.480 e. The lowest BCUT2D eigenvalue weighted by Gasteiger charge is -2.39. The maximum absolute atomic E-state index is 11.3. The van der Waals surface area contributed by atoms with E-state index >= 15 is 0 Å². The highest BCUT2D eigenvalue weighted by atomic mass is 35.5. The van der Waals surface area contributed by atoms with Crippen molar-refractivity contribution in [2.75, 3.05) is 0 Å². The van der Waals surface area contributed by atoms with Gasteiger partial charge in [-0.3, -0.25) is 4.79 Å². The molecular weight excluding hydrogens is 262 g/mol. The molecule has 2 aliphatic carbocycles. The lowest BCUT2D eigenvalue weighted by atomic mass is 9.67. The van der Waals surface area contributed by atoms with Crippen LogP contribution >= 0.6 is 12.4 Å². The van der Waals surface area contributed by atoms with Crippen LogP contribution in [-0.2, 0) is 4.79 Å². The van der Waals surface area contributed by atoms with Gasteiger partial charge >= 0.3 is 5.97 Å². The molecule has 0 radical (unpaired) electrons. The van der Waals surface area contributed by atoms with E-state index in [1.807, 2.05) is 0 Å². The summed E-state index contributed by atoms with van der Waals surface area (Å²) in [7, 11) is 0. The van der Waals surface area contributed by atoms with Crippen molar-refractivity contribution in [3.8, 4) is 0 Å². The van der Waals surface area contributed by atoms with Crippen molar-refractivity contribution in [3.05, 3.63) is 0 Å². The van der Waals surface area contributed by atoms with Crippen LogP contribution in [-0.4, -0.2) is 17.1 Å². The summed E-state index contributed by atoms with van der Waals surface area (Å²) < 4.78 is 0. The number of aliphatic carboxylic acids is 1. The maximum atomic E-state index is 11.3. The number of rotatable bonds is 4. The van der Waals surface area contributed by atoms with Gasteiger partial charge in [-0.05, 0) is 17.8 Å². The van der Waals surface area contributed by atoms with E-state index in [0.29, 0.717) is 11.8 Å². The molecule has 0 aliphatic heterocycles. The summed E-state index contributed by atoms with van der Waals surface area (Å²) in [6, 6.07) is -0.642. The summed E-state index contributed by atoms with van der Waals surface area (Å²) in [5.74, 6) is 0.556. The highest BCUT2D eigenvalue weighted by Crippen LogP contribution is 2.41. The second-order valence-electron chi connectivity index (χ2n) is 6.24. The SMILES string of the molecule is Cl.NC(C(=O)O)C(C1CCCCC1)C1CCCCC1. The van der Waals surface area contributed by atoms with E-state index in [2.05, 4.69) is 0 Å². The number of hydrogen-bond acceptors (Lipinski definition) is 2. The maximum Gasteiger partial charge on any atom is 0.320 e. The van der Waals surface area contributed by atoms with Crippen LogP contribution in [0.5, 0.6) is 0 Å². The minimum Gasteiger partial charge on any atom is -0.480 e. The third-order valence-electron chi connectivity index (χ3n) is 5.09. The zero-order valence-corrected chi connectivity index (χ0v) is 12.5. The number of hydrogen-bond donors (Lipinski definition) is 2. The summed E-state index contributed by atoms with van der Waals surface area (Å²) >= 11 is 0. The molecule has 19 heavy (non-hydrogen) atoms. The van der Waals surface area contributed by atoms with Gasteiger partial charge in [0.25, 0.3) is 0 Å². The zero-order valence-electron chi connectivity index (χ0n) is 11.7.